The highest BCUT2D eigenvalue weighted by atomic mass is 32.2. The molecular weight excluding hydrogens is 182 g/mol. The molecule has 0 saturated heterocycles. The quantitative estimate of drug-likeness (QED) is 0.770. The molecule has 1 aromatic heterocycles. The van der Waals surface area contributed by atoms with Crippen molar-refractivity contribution in [3.63, 3.8) is 0 Å². The van der Waals surface area contributed by atoms with Crippen molar-refractivity contribution in [3.8, 4) is 0 Å². The molecule has 0 radical (unpaired) electrons. The lowest BCUT2D eigenvalue weighted by Gasteiger charge is -2.07. The number of rotatable bonds is 5. The van der Waals surface area contributed by atoms with Crippen LogP contribution in [0.25, 0.3) is 0 Å². The second-order valence-electron chi connectivity index (χ2n) is 3.10. The molecule has 3 nitrogen and oxygen atoms in total. The van der Waals surface area contributed by atoms with E-state index in [0.29, 0.717) is 0 Å². The fourth-order valence-corrected chi connectivity index (χ4v) is 1.83. The standard InChI is InChI=1S/C9H17N3S/c1-3-13-7-8(10)6-9-4-5-12(2)11-9/h4-5,8H,3,6-7,10H2,1-2H3. The second-order valence-corrected chi connectivity index (χ2v) is 4.42. The maximum Gasteiger partial charge on any atom is 0.0640 e. The first-order chi connectivity index (χ1) is 6.22. The molecule has 0 fully saturated rings. The van der Waals surface area contributed by atoms with E-state index < -0.39 is 0 Å². The van der Waals surface area contributed by atoms with Crippen LogP contribution in [0.3, 0.4) is 0 Å². The molecule has 1 atom stereocenters. The highest BCUT2D eigenvalue weighted by molar-refractivity contribution is 7.99. The van der Waals surface area contributed by atoms with Crippen LogP contribution >= 0.6 is 11.8 Å². The Balaban J connectivity index is 2.31. The number of nitrogens with two attached hydrogens (primary N) is 1. The summed E-state index contributed by atoms with van der Waals surface area (Å²) in [5, 5.41) is 4.29. The van der Waals surface area contributed by atoms with E-state index in [2.05, 4.69) is 12.0 Å². The maximum absolute atomic E-state index is 5.93. The van der Waals surface area contributed by atoms with Gasteiger partial charge >= 0.3 is 0 Å². The molecule has 4 heteroatoms. The van der Waals surface area contributed by atoms with E-state index >= 15 is 0 Å². The van der Waals surface area contributed by atoms with E-state index in [4.69, 9.17) is 5.73 Å². The molecular formula is C9H17N3S. The summed E-state index contributed by atoms with van der Waals surface area (Å²) in [6, 6.07) is 2.26. The summed E-state index contributed by atoms with van der Waals surface area (Å²) in [5.41, 5.74) is 7.02. The summed E-state index contributed by atoms with van der Waals surface area (Å²) in [5.74, 6) is 2.16. The number of hydrogen-bond acceptors (Lipinski definition) is 3. The van der Waals surface area contributed by atoms with Crippen LogP contribution in [0.4, 0.5) is 0 Å². The summed E-state index contributed by atoms with van der Waals surface area (Å²) in [6.07, 6.45) is 2.84. The second kappa shape index (κ2) is 5.29. The molecule has 2 N–H and O–H groups in total. The van der Waals surface area contributed by atoms with E-state index in [1.165, 1.54) is 0 Å². The van der Waals surface area contributed by atoms with Crippen molar-refractivity contribution in [1.29, 1.82) is 0 Å². The predicted octanol–water partition coefficient (Wildman–Crippen LogP) is 1.04. The fraction of sp³-hybridized carbons (Fsp3) is 0.667. The molecule has 1 unspecified atom stereocenters. The third-order valence-electron chi connectivity index (χ3n) is 1.78. The van der Waals surface area contributed by atoms with Crippen LogP contribution in [0.1, 0.15) is 12.6 Å². The fourth-order valence-electron chi connectivity index (χ4n) is 1.17. The number of aromatic nitrogens is 2. The van der Waals surface area contributed by atoms with Crippen molar-refractivity contribution < 1.29 is 0 Å². The minimum absolute atomic E-state index is 0.236. The van der Waals surface area contributed by atoms with Gasteiger partial charge in [-0.1, -0.05) is 6.92 Å². The molecule has 0 saturated carbocycles. The zero-order chi connectivity index (χ0) is 9.68. The Hall–Kier alpha value is -0.480. The molecule has 0 aliphatic rings. The van der Waals surface area contributed by atoms with Crippen LogP contribution < -0.4 is 5.73 Å². The first kappa shape index (κ1) is 10.6. The minimum atomic E-state index is 0.236. The van der Waals surface area contributed by atoms with Gasteiger partial charge in [-0.25, -0.2) is 0 Å². The van der Waals surface area contributed by atoms with E-state index in [1.807, 2.05) is 35.8 Å². The number of hydrogen-bond donors (Lipinski definition) is 1. The molecule has 0 aromatic carbocycles. The van der Waals surface area contributed by atoms with Gasteiger partial charge in [-0.05, 0) is 11.8 Å². The Morgan fingerprint density at radius 2 is 2.46 bits per heavy atom. The van der Waals surface area contributed by atoms with E-state index in [-0.39, 0.29) is 6.04 Å². The van der Waals surface area contributed by atoms with Crippen molar-refractivity contribution in [2.45, 2.75) is 19.4 Å². The zero-order valence-corrected chi connectivity index (χ0v) is 9.05. The van der Waals surface area contributed by atoms with E-state index in [9.17, 15) is 0 Å². The van der Waals surface area contributed by atoms with Gasteiger partial charge in [-0.3, -0.25) is 4.68 Å². The Bertz CT molecular complexity index is 247. The molecule has 1 heterocycles. The monoisotopic (exact) mass is 199 g/mol. The molecule has 1 aromatic rings. The molecule has 13 heavy (non-hydrogen) atoms. The lowest BCUT2D eigenvalue weighted by molar-refractivity contribution is 0.691. The number of aryl methyl sites for hydroxylation is 1. The normalized spacial score (nSPS) is 13.2. The topological polar surface area (TPSA) is 43.8 Å². The minimum Gasteiger partial charge on any atom is -0.327 e. The van der Waals surface area contributed by atoms with Gasteiger partial charge in [-0.15, -0.1) is 0 Å². The van der Waals surface area contributed by atoms with Crippen LogP contribution in [0.5, 0.6) is 0 Å². The van der Waals surface area contributed by atoms with Crippen molar-refractivity contribution in [2.75, 3.05) is 11.5 Å². The SMILES string of the molecule is CCSCC(N)Cc1ccn(C)n1. The lowest BCUT2D eigenvalue weighted by Crippen LogP contribution is -2.25. The first-order valence-corrected chi connectivity index (χ1v) is 5.69. The van der Waals surface area contributed by atoms with Crippen LogP contribution in [0.2, 0.25) is 0 Å². The van der Waals surface area contributed by atoms with Crippen molar-refractivity contribution in [1.82, 2.24) is 9.78 Å². The average molecular weight is 199 g/mol. The summed E-state index contributed by atoms with van der Waals surface area (Å²) < 4.78 is 1.81. The van der Waals surface area contributed by atoms with Crippen LogP contribution in [0.15, 0.2) is 12.3 Å². The van der Waals surface area contributed by atoms with Gasteiger partial charge in [0.05, 0.1) is 5.69 Å². The van der Waals surface area contributed by atoms with E-state index in [1.54, 1.807) is 0 Å². The number of thioether (sulfide) groups is 1. The smallest absolute Gasteiger partial charge is 0.0640 e. The Morgan fingerprint density at radius 1 is 1.69 bits per heavy atom. The molecule has 1 rings (SSSR count). The average Bonchev–Trinajstić information content (AvgIpc) is 2.48. The Kier molecular flexibility index (Phi) is 4.32. The first-order valence-electron chi connectivity index (χ1n) is 4.54. The van der Waals surface area contributed by atoms with Crippen molar-refractivity contribution in [3.05, 3.63) is 18.0 Å². The summed E-state index contributed by atoms with van der Waals surface area (Å²) >= 11 is 1.88. The van der Waals surface area contributed by atoms with Crippen LogP contribution in [0, 0.1) is 0 Å². The lowest BCUT2D eigenvalue weighted by atomic mass is 10.2. The maximum atomic E-state index is 5.93. The predicted molar refractivity (Wildman–Crippen MR) is 57.9 cm³/mol. The molecule has 0 bridgehead atoms. The number of nitrogens with zero attached hydrogens (tertiary/aromatic N) is 2. The van der Waals surface area contributed by atoms with Gasteiger partial charge in [0, 0.05) is 31.5 Å². The highest BCUT2D eigenvalue weighted by Crippen LogP contribution is 2.05. The van der Waals surface area contributed by atoms with Crippen LogP contribution in [-0.4, -0.2) is 27.3 Å². The van der Waals surface area contributed by atoms with E-state index in [0.717, 1.165) is 23.6 Å². The van der Waals surface area contributed by atoms with Gasteiger partial charge < -0.3 is 5.73 Å². The third-order valence-corrected chi connectivity index (χ3v) is 2.85. The zero-order valence-electron chi connectivity index (χ0n) is 8.23. The van der Waals surface area contributed by atoms with Gasteiger partial charge in [0.1, 0.15) is 0 Å². The summed E-state index contributed by atoms with van der Waals surface area (Å²) in [4.78, 5) is 0. The van der Waals surface area contributed by atoms with Crippen molar-refractivity contribution in [2.24, 2.45) is 12.8 Å². The summed E-state index contributed by atoms with van der Waals surface area (Å²) in [6.45, 7) is 2.15. The highest BCUT2D eigenvalue weighted by Gasteiger charge is 2.05. The van der Waals surface area contributed by atoms with Crippen LogP contribution in [-0.2, 0) is 13.5 Å². The van der Waals surface area contributed by atoms with Gasteiger partial charge in [0.15, 0.2) is 0 Å². The van der Waals surface area contributed by atoms with Gasteiger partial charge in [-0.2, -0.15) is 16.9 Å². The molecule has 74 valence electrons. The molecule has 0 aliphatic carbocycles. The third kappa shape index (κ3) is 3.83. The summed E-state index contributed by atoms with van der Waals surface area (Å²) in [7, 11) is 1.93. The Morgan fingerprint density at radius 3 is 3.00 bits per heavy atom. The van der Waals surface area contributed by atoms with Crippen molar-refractivity contribution >= 4 is 11.8 Å². The van der Waals surface area contributed by atoms with Gasteiger partial charge in [0.25, 0.3) is 0 Å². The largest absolute Gasteiger partial charge is 0.327 e. The molecule has 0 spiro atoms. The Labute approximate surface area is 83.7 Å². The molecule has 0 amide bonds. The van der Waals surface area contributed by atoms with Gasteiger partial charge in [0.2, 0.25) is 0 Å². The molecule has 0 aliphatic heterocycles.